The van der Waals surface area contributed by atoms with Gasteiger partial charge in [-0.25, -0.2) is 0 Å². The Labute approximate surface area is 205 Å². The number of ether oxygens (including phenoxy) is 1. The molecule has 0 radical (unpaired) electrons. The third kappa shape index (κ3) is 4.68. The van der Waals surface area contributed by atoms with Gasteiger partial charge in [0.1, 0.15) is 11.1 Å². The van der Waals surface area contributed by atoms with Gasteiger partial charge in [-0.2, -0.15) is 0 Å². The topological polar surface area (TPSA) is 54.8 Å². The van der Waals surface area contributed by atoms with E-state index in [1.165, 1.54) is 5.56 Å². The number of methoxy groups -OCH3 is 1. The molecule has 1 atom stereocenters. The second-order valence-corrected chi connectivity index (χ2v) is 9.32. The first-order valence-electron chi connectivity index (χ1n) is 11.5. The first-order valence-corrected chi connectivity index (χ1v) is 11.9. The fourth-order valence-electron chi connectivity index (χ4n) is 4.38. The van der Waals surface area contributed by atoms with Crippen molar-refractivity contribution in [2.45, 2.75) is 26.1 Å². The monoisotopic (exact) mass is 479 g/mol. The molecule has 0 aliphatic carbocycles. The second kappa shape index (κ2) is 9.94. The van der Waals surface area contributed by atoms with Crippen molar-refractivity contribution in [1.82, 2.24) is 14.4 Å². The van der Waals surface area contributed by atoms with Crippen molar-refractivity contribution in [1.29, 1.82) is 0 Å². The molecule has 4 rings (SSSR count). The van der Waals surface area contributed by atoms with Gasteiger partial charge in [0.05, 0.1) is 18.4 Å². The maximum atomic E-state index is 13.6. The standard InChI is InChI=1S/C27H30ClN3O3/c1-18-5-9-22(10-6-18)31-20(3)24(17-25(31)21-7-11-23(34-4)12-8-21)27(33)30-15-13-29(14-16-30)26(32)19(2)28/h5-12,17,19H,13-16H2,1-4H3. The number of carbonyl (C=O) groups is 2. The molecule has 3 aromatic rings. The number of piperazine rings is 1. The minimum Gasteiger partial charge on any atom is -0.497 e. The van der Waals surface area contributed by atoms with Crippen molar-refractivity contribution in [3.05, 3.63) is 71.4 Å². The summed E-state index contributed by atoms with van der Waals surface area (Å²) in [4.78, 5) is 29.3. The fraction of sp³-hybridized carbons (Fsp3) is 0.333. The molecular weight excluding hydrogens is 450 g/mol. The van der Waals surface area contributed by atoms with Crippen molar-refractivity contribution in [2.24, 2.45) is 0 Å². The summed E-state index contributed by atoms with van der Waals surface area (Å²) in [7, 11) is 1.64. The Balaban J connectivity index is 1.69. The summed E-state index contributed by atoms with van der Waals surface area (Å²) < 4.78 is 7.44. The van der Waals surface area contributed by atoms with Crippen LogP contribution in [-0.4, -0.2) is 64.8 Å². The number of rotatable bonds is 5. The van der Waals surface area contributed by atoms with Gasteiger partial charge in [0.2, 0.25) is 5.91 Å². The van der Waals surface area contributed by atoms with Crippen LogP contribution in [0, 0.1) is 13.8 Å². The van der Waals surface area contributed by atoms with Crippen molar-refractivity contribution in [2.75, 3.05) is 33.3 Å². The lowest BCUT2D eigenvalue weighted by atomic mass is 10.1. The number of carbonyl (C=O) groups excluding carboxylic acids is 2. The largest absolute Gasteiger partial charge is 0.497 e. The number of amides is 2. The summed E-state index contributed by atoms with van der Waals surface area (Å²) in [5.74, 6) is 0.672. The fourth-order valence-corrected chi connectivity index (χ4v) is 4.51. The molecular formula is C27H30ClN3O3. The lowest BCUT2D eigenvalue weighted by Crippen LogP contribution is -2.52. The highest BCUT2D eigenvalue weighted by atomic mass is 35.5. The van der Waals surface area contributed by atoms with E-state index in [1.807, 2.05) is 42.2 Å². The zero-order valence-electron chi connectivity index (χ0n) is 20.0. The van der Waals surface area contributed by atoms with Crippen LogP contribution in [0.4, 0.5) is 0 Å². The average Bonchev–Trinajstić information content (AvgIpc) is 3.20. The van der Waals surface area contributed by atoms with Gasteiger partial charge in [-0.1, -0.05) is 17.7 Å². The molecule has 1 aliphatic rings. The Morgan fingerprint density at radius 1 is 0.912 bits per heavy atom. The van der Waals surface area contributed by atoms with Gasteiger partial charge in [-0.3, -0.25) is 9.59 Å². The summed E-state index contributed by atoms with van der Waals surface area (Å²) >= 11 is 5.96. The Morgan fingerprint density at radius 3 is 2.06 bits per heavy atom. The second-order valence-electron chi connectivity index (χ2n) is 8.66. The molecule has 6 nitrogen and oxygen atoms in total. The normalized spacial score (nSPS) is 14.7. The highest BCUT2D eigenvalue weighted by Crippen LogP contribution is 2.31. The van der Waals surface area contributed by atoms with E-state index in [0.717, 1.165) is 28.4 Å². The Kier molecular flexibility index (Phi) is 6.98. The van der Waals surface area contributed by atoms with Crippen molar-refractivity contribution in [3.63, 3.8) is 0 Å². The molecule has 0 N–H and O–H groups in total. The molecule has 178 valence electrons. The van der Waals surface area contributed by atoms with Crippen LogP contribution < -0.4 is 4.74 Å². The van der Waals surface area contributed by atoms with E-state index >= 15 is 0 Å². The molecule has 1 fully saturated rings. The van der Waals surface area contributed by atoms with Gasteiger partial charge in [-0.15, -0.1) is 11.6 Å². The van der Waals surface area contributed by atoms with E-state index < -0.39 is 5.38 Å². The molecule has 1 unspecified atom stereocenters. The van der Waals surface area contributed by atoms with E-state index in [4.69, 9.17) is 16.3 Å². The number of aryl methyl sites for hydroxylation is 1. The first-order chi connectivity index (χ1) is 16.3. The Bertz CT molecular complexity index is 1180. The van der Waals surface area contributed by atoms with Crippen LogP contribution in [-0.2, 0) is 4.79 Å². The first kappa shape index (κ1) is 23.9. The smallest absolute Gasteiger partial charge is 0.255 e. The van der Waals surface area contributed by atoms with E-state index in [1.54, 1.807) is 18.9 Å². The third-order valence-electron chi connectivity index (χ3n) is 6.37. The van der Waals surface area contributed by atoms with Crippen LogP contribution in [0.15, 0.2) is 54.6 Å². The number of hydrogen-bond acceptors (Lipinski definition) is 3. The van der Waals surface area contributed by atoms with E-state index in [-0.39, 0.29) is 11.8 Å². The molecule has 2 amide bonds. The van der Waals surface area contributed by atoms with Crippen molar-refractivity contribution < 1.29 is 14.3 Å². The molecule has 0 spiro atoms. The molecule has 1 aliphatic heterocycles. The molecule has 1 aromatic heterocycles. The zero-order chi connectivity index (χ0) is 24.4. The van der Waals surface area contributed by atoms with Gasteiger partial charge in [0, 0.05) is 37.6 Å². The maximum absolute atomic E-state index is 13.6. The van der Waals surface area contributed by atoms with Crippen LogP contribution in [0.2, 0.25) is 0 Å². The molecule has 7 heteroatoms. The SMILES string of the molecule is COc1ccc(-c2cc(C(=O)N3CCN(C(=O)C(C)Cl)CC3)c(C)n2-c2ccc(C)cc2)cc1. The van der Waals surface area contributed by atoms with E-state index in [2.05, 4.69) is 35.8 Å². The number of alkyl halides is 1. The average molecular weight is 480 g/mol. The molecule has 0 bridgehead atoms. The molecule has 1 saturated heterocycles. The molecule has 2 heterocycles. The van der Waals surface area contributed by atoms with Crippen LogP contribution in [0.5, 0.6) is 5.75 Å². The summed E-state index contributed by atoms with van der Waals surface area (Å²) in [6.45, 7) is 7.67. The number of halogens is 1. The Morgan fingerprint density at radius 2 is 1.50 bits per heavy atom. The number of benzene rings is 2. The van der Waals surface area contributed by atoms with Gasteiger partial charge in [0.25, 0.3) is 5.91 Å². The summed E-state index contributed by atoms with van der Waals surface area (Å²) in [5, 5.41) is -0.555. The summed E-state index contributed by atoms with van der Waals surface area (Å²) in [6, 6.07) is 18.1. The van der Waals surface area contributed by atoms with Crippen LogP contribution in [0.3, 0.4) is 0 Å². The van der Waals surface area contributed by atoms with Crippen LogP contribution >= 0.6 is 11.6 Å². The maximum Gasteiger partial charge on any atom is 0.255 e. The number of hydrogen-bond donors (Lipinski definition) is 0. The zero-order valence-corrected chi connectivity index (χ0v) is 20.8. The van der Waals surface area contributed by atoms with Gasteiger partial charge >= 0.3 is 0 Å². The van der Waals surface area contributed by atoms with Crippen LogP contribution in [0.1, 0.15) is 28.5 Å². The highest BCUT2D eigenvalue weighted by Gasteiger charge is 2.29. The van der Waals surface area contributed by atoms with Gasteiger partial charge < -0.3 is 19.1 Å². The third-order valence-corrected chi connectivity index (χ3v) is 6.56. The summed E-state index contributed by atoms with van der Waals surface area (Å²) in [5.41, 5.74) is 5.66. The van der Waals surface area contributed by atoms with Gasteiger partial charge in [0.15, 0.2) is 0 Å². The van der Waals surface area contributed by atoms with Crippen LogP contribution in [0.25, 0.3) is 16.9 Å². The quantitative estimate of drug-likeness (QED) is 0.499. The van der Waals surface area contributed by atoms with E-state index in [9.17, 15) is 9.59 Å². The highest BCUT2D eigenvalue weighted by molar-refractivity contribution is 6.30. The summed E-state index contributed by atoms with van der Waals surface area (Å²) in [6.07, 6.45) is 0. The van der Waals surface area contributed by atoms with Gasteiger partial charge in [-0.05, 0) is 68.8 Å². The van der Waals surface area contributed by atoms with Crippen molar-refractivity contribution >= 4 is 23.4 Å². The van der Waals surface area contributed by atoms with Crippen molar-refractivity contribution in [3.8, 4) is 22.7 Å². The lowest BCUT2D eigenvalue weighted by molar-refractivity contribution is -0.131. The van der Waals surface area contributed by atoms with E-state index in [0.29, 0.717) is 31.7 Å². The minimum absolute atomic E-state index is 0.0239. The predicted octanol–water partition coefficient (Wildman–Crippen LogP) is 4.68. The Hall–Kier alpha value is -3.25. The number of nitrogens with zero attached hydrogens (tertiary/aromatic N) is 3. The molecule has 2 aromatic carbocycles. The lowest BCUT2D eigenvalue weighted by Gasteiger charge is -2.35. The number of aromatic nitrogens is 1. The molecule has 0 saturated carbocycles. The minimum atomic E-state index is -0.555. The molecule has 34 heavy (non-hydrogen) atoms. The predicted molar refractivity (Wildman–Crippen MR) is 135 cm³/mol.